The van der Waals surface area contributed by atoms with Crippen LogP contribution < -0.4 is 10.6 Å². The standard InChI is InChI=1S/C23H28N4O2/c1-26-22(19-7-9-20(10-8-19)27-11-13-28-14-12-27)15-25-23(26)21(24)17-29-16-18-5-3-2-4-6-18/h2-10,15,21H,11-14,16-17,24H2,1H3/t21-/m0/s1. The summed E-state index contributed by atoms with van der Waals surface area (Å²) in [5, 5.41) is 0. The number of ether oxygens (including phenoxy) is 2. The topological polar surface area (TPSA) is 65.5 Å². The third-order valence-electron chi connectivity index (χ3n) is 5.30. The average molecular weight is 393 g/mol. The van der Waals surface area contributed by atoms with Crippen LogP contribution in [0.3, 0.4) is 0 Å². The van der Waals surface area contributed by atoms with Crippen molar-refractivity contribution in [1.82, 2.24) is 9.55 Å². The van der Waals surface area contributed by atoms with Crippen LogP contribution in [0.25, 0.3) is 11.3 Å². The molecule has 29 heavy (non-hydrogen) atoms. The molecule has 0 bridgehead atoms. The highest BCUT2D eigenvalue weighted by Crippen LogP contribution is 2.25. The third kappa shape index (κ3) is 4.67. The van der Waals surface area contributed by atoms with E-state index in [0.29, 0.717) is 13.2 Å². The molecule has 1 fully saturated rings. The second-order valence-electron chi connectivity index (χ2n) is 7.31. The van der Waals surface area contributed by atoms with Gasteiger partial charge < -0.3 is 24.7 Å². The molecule has 6 heteroatoms. The Morgan fingerprint density at radius 1 is 1.07 bits per heavy atom. The molecule has 0 unspecified atom stereocenters. The lowest BCUT2D eigenvalue weighted by atomic mass is 10.1. The first-order valence-electron chi connectivity index (χ1n) is 10.0. The van der Waals surface area contributed by atoms with Crippen LogP contribution in [0, 0.1) is 0 Å². The van der Waals surface area contributed by atoms with Gasteiger partial charge in [-0.2, -0.15) is 0 Å². The van der Waals surface area contributed by atoms with E-state index >= 15 is 0 Å². The molecule has 0 aliphatic carbocycles. The van der Waals surface area contributed by atoms with Gasteiger partial charge in [-0.1, -0.05) is 42.5 Å². The highest BCUT2D eigenvalue weighted by molar-refractivity contribution is 5.63. The third-order valence-corrected chi connectivity index (χ3v) is 5.30. The molecule has 152 valence electrons. The van der Waals surface area contributed by atoms with E-state index in [0.717, 1.165) is 48.9 Å². The molecule has 0 amide bonds. The summed E-state index contributed by atoms with van der Waals surface area (Å²) in [5.41, 5.74) is 10.9. The van der Waals surface area contributed by atoms with Crippen molar-refractivity contribution in [2.75, 3.05) is 37.8 Å². The Bertz CT molecular complexity index is 902. The fraction of sp³-hybridized carbons (Fsp3) is 0.348. The molecular weight excluding hydrogens is 364 g/mol. The van der Waals surface area contributed by atoms with Crippen molar-refractivity contribution in [2.24, 2.45) is 12.8 Å². The molecule has 2 N–H and O–H groups in total. The molecular formula is C23H28N4O2. The van der Waals surface area contributed by atoms with Gasteiger partial charge in [-0.15, -0.1) is 0 Å². The Morgan fingerprint density at radius 2 is 1.79 bits per heavy atom. The molecule has 0 spiro atoms. The largest absolute Gasteiger partial charge is 0.378 e. The molecule has 1 aliphatic rings. The van der Waals surface area contributed by atoms with Gasteiger partial charge in [0, 0.05) is 25.8 Å². The van der Waals surface area contributed by atoms with Crippen LogP contribution >= 0.6 is 0 Å². The van der Waals surface area contributed by atoms with Gasteiger partial charge in [-0.05, 0) is 23.3 Å². The van der Waals surface area contributed by atoms with Gasteiger partial charge >= 0.3 is 0 Å². The minimum Gasteiger partial charge on any atom is -0.378 e. The maximum Gasteiger partial charge on any atom is 0.128 e. The summed E-state index contributed by atoms with van der Waals surface area (Å²) in [7, 11) is 2.00. The highest BCUT2D eigenvalue weighted by Gasteiger charge is 2.16. The lowest BCUT2D eigenvalue weighted by Crippen LogP contribution is -2.36. The van der Waals surface area contributed by atoms with Crippen LogP contribution in [0.5, 0.6) is 0 Å². The monoisotopic (exact) mass is 392 g/mol. The number of benzene rings is 2. The Balaban J connectivity index is 1.39. The van der Waals surface area contributed by atoms with E-state index < -0.39 is 0 Å². The quantitative estimate of drug-likeness (QED) is 0.669. The minimum atomic E-state index is -0.273. The molecule has 1 aliphatic heterocycles. The zero-order chi connectivity index (χ0) is 20.1. The first-order chi connectivity index (χ1) is 14.2. The molecule has 3 aromatic rings. The molecule has 1 aromatic heterocycles. The molecule has 1 saturated heterocycles. The van der Waals surface area contributed by atoms with Crippen LogP contribution in [0.4, 0.5) is 5.69 Å². The van der Waals surface area contributed by atoms with E-state index in [2.05, 4.69) is 38.7 Å². The Morgan fingerprint density at radius 3 is 2.52 bits per heavy atom. The van der Waals surface area contributed by atoms with Gasteiger partial charge in [0.15, 0.2) is 0 Å². The summed E-state index contributed by atoms with van der Waals surface area (Å²) in [5.74, 6) is 0.824. The van der Waals surface area contributed by atoms with E-state index in [4.69, 9.17) is 15.2 Å². The smallest absolute Gasteiger partial charge is 0.128 e. The highest BCUT2D eigenvalue weighted by atomic mass is 16.5. The van der Waals surface area contributed by atoms with Crippen molar-refractivity contribution in [3.63, 3.8) is 0 Å². The molecule has 2 aromatic carbocycles. The number of morpholine rings is 1. The van der Waals surface area contributed by atoms with Crippen molar-refractivity contribution in [2.45, 2.75) is 12.6 Å². The fourth-order valence-corrected chi connectivity index (χ4v) is 3.65. The Kier molecular flexibility index (Phi) is 6.24. The summed E-state index contributed by atoms with van der Waals surface area (Å²) >= 11 is 0. The summed E-state index contributed by atoms with van der Waals surface area (Å²) < 4.78 is 13.3. The molecule has 6 nitrogen and oxygen atoms in total. The van der Waals surface area contributed by atoms with Crippen molar-refractivity contribution in [1.29, 1.82) is 0 Å². The van der Waals surface area contributed by atoms with Gasteiger partial charge in [0.05, 0.1) is 44.4 Å². The minimum absolute atomic E-state index is 0.273. The molecule has 1 atom stereocenters. The first-order valence-corrected chi connectivity index (χ1v) is 10.0. The second-order valence-corrected chi connectivity index (χ2v) is 7.31. The number of hydrogen-bond acceptors (Lipinski definition) is 5. The summed E-state index contributed by atoms with van der Waals surface area (Å²) in [6.45, 7) is 4.43. The maximum atomic E-state index is 6.35. The zero-order valence-corrected chi connectivity index (χ0v) is 16.8. The number of imidazole rings is 1. The van der Waals surface area contributed by atoms with E-state index in [-0.39, 0.29) is 6.04 Å². The number of anilines is 1. The van der Waals surface area contributed by atoms with E-state index in [1.807, 2.05) is 43.6 Å². The predicted molar refractivity (Wildman–Crippen MR) is 115 cm³/mol. The van der Waals surface area contributed by atoms with Crippen molar-refractivity contribution in [3.05, 3.63) is 72.2 Å². The van der Waals surface area contributed by atoms with Crippen molar-refractivity contribution < 1.29 is 9.47 Å². The number of aromatic nitrogens is 2. The summed E-state index contributed by atoms with van der Waals surface area (Å²) in [6.07, 6.45) is 1.89. The van der Waals surface area contributed by atoms with Crippen molar-refractivity contribution >= 4 is 5.69 Å². The number of nitrogens with two attached hydrogens (primary N) is 1. The SMILES string of the molecule is Cn1c(-c2ccc(N3CCOCC3)cc2)cnc1[C@@H](N)COCc1ccccc1. The van der Waals surface area contributed by atoms with Crippen LogP contribution in [-0.4, -0.2) is 42.5 Å². The van der Waals surface area contributed by atoms with Gasteiger partial charge in [-0.3, -0.25) is 0 Å². The normalized spacial score (nSPS) is 15.4. The Hall–Kier alpha value is -2.67. The average Bonchev–Trinajstić information content (AvgIpc) is 3.16. The molecule has 0 saturated carbocycles. The lowest BCUT2D eigenvalue weighted by Gasteiger charge is -2.28. The van der Waals surface area contributed by atoms with E-state index in [1.165, 1.54) is 5.69 Å². The maximum absolute atomic E-state index is 6.35. The van der Waals surface area contributed by atoms with Crippen LogP contribution in [0.1, 0.15) is 17.4 Å². The molecule has 2 heterocycles. The van der Waals surface area contributed by atoms with Gasteiger partial charge in [-0.25, -0.2) is 4.98 Å². The number of rotatable bonds is 7. The molecule has 0 radical (unpaired) electrons. The molecule has 4 rings (SSSR count). The second kappa shape index (κ2) is 9.22. The summed E-state index contributed by atoms with van der Waals surface area (Å²) in [6, 6.07) is 18.4. The number of nitrogens with zero attached hydrogens (tertiary/aromatic N) is 3. The van der Waals surface area contributed by atoms with E-state index in [1.54, 1.807) is 0 Å². The van der Waals surface area contributed by atoms with Gasteiger partial charge in [0.25, 0.3) is 0 Å². The van der Waals surface area contributed by atoms with Crippen LogP contribution in [0.15, 0.2) is 60.8 Å². The van der Waals surface area contributed by atoms with Crippen molar-refractivity contribution in [3.8, 4) is 11.3 Å². The van der Waals surface area contributed by atoms with Crippen LogP contribution in [0.2, 0.25) is 0 Å². The predicted octanol–water partition coefficient (Wildman–Crippen LogP) is 3.14. The number of hydrogen-bond donors (Lipinski definition) is 1. The van der Waals surface area contributed by atoms with Gasteiger partial charge in [0.2, 0.25) is 0 Å². The fourth-order valence-electron chi connectivity index (χ4n) is 3.65. The summed E-state index contributed by atoms with van der Waals surface area (Å²) in [4.78, 5) is 6.91. The Labute approximate surface area is 171 Å². The van der Waals surface area contributed by atoms with Crippen LogP contribution in [-0.2, 0) is 23.1 Å². The zero-order valence-electron chi connectivity index (χ0n) is 16.8. The van der Waals surface area contributed by atoms with E-state index in [9.17, 15) is 0 Å². The lowest BCUT2D eigenvalue weighted by molar-refractivity contribution is 0.105. The van der Waals surface area contributed by atoms with Gasteiger partial charge in [0.1, 0.15) is 5.82 Å². The first kappa shape index (κ1) is 19.6.